The van der Waals surface area contributed by atoms with Crippen LogP contribution in [-0.4, -0.2) is 78.5 Å². The van der Waals surface area contributed by atoms with E-state index in [1.807, 2.05) is 0 Å². The van der Waals surface area contributed by atoms with E-state index < -0.39 is 47.8 Å². The summed E-state index contributed by atoms with van der Waals surface area (Å²) >= 11 is 0. The molecule has 4 N–H and O–H groups in total. The third-order valence-corrected chi connectivity index (χ3v) is 6.40. The number of nitrogens with one attached hydrogen (secondary N) is 4. The van der Waals surface area contributed by atoms with Crippen molar-refractivity contribution in [3.05, 3.63) is 70.8 Å². The van der Waals surface area contributed by atoms with Crippen LogP contribution in [0.25, 0.3) is 0 Å². The van der Waals surface area contributed by atoms with Crippen molar-refractivity contribution in [2.75, 3.05) is 54.9 Å². The van der Waals surface area contributed by atoms with Gasteiger partial charge in [-0.25, -0.2) is 0 Å². The Balaban J connectivity index is 2.07. The summed E-state index contributed by atoms with van der Waals surface area (Å²) in [7, 11) is 5.91. The third kappa shape index (κ3) is 8.09. The summed E-state index contributed by atoms with van der Waals surface area (Å²) in [6.07, 6.45) is 0. The van der Waals surface area contributed by atoms with Crippen LogP contribution in [0.15, 0.2) is 48.5 Å². The number of carbonyl (C=O) groups excluding carboxylic acids is 4. The van der Waals surface area contributed by atoms with Crippen molar-refractivity contribution in [1.82, 2.24) is 21.3 Å². The molecule has 2 aromatic carbocycles. The van der Waals surface area contributed by atoms with Crippen molar-refractivity contribution in [3.63, 3.8) is 0 Å². The lowest BCUT2D eigenvalue weighted by Gasteiger charge is -2.25. The number of fused-ring (bicyclic) bond motifs is 4. The van der Waals surface area contributed by atoms with Crippen LogP contribution in [0.3, 0.4) is 0 Å². The van der Waals surface area contributed by atoms with Crippen molar-refractivity contribution in [1.29, 1.82) is 0 Å². The summed E-state index contributed by atoms with van der Waals surface area (Å²) in [5, 5.41) is 10.9. The van der Waals surface area contributed by atoms with E-state index in [4.69, 9.17) is 18.9 Å². The molecular formula is C28H36N4O8. The molecule has 0 aliphatic carbocycles. The number of methoxy groups -OCH3 is 4. The summed E-state index contributed by atoms with van der Waals surface area (Å²) in [5.74, 6) is -3.40. The van der Waals surface area contributed by atoms with Gasteiger partial charge < -0.3 is 40.2 Å². The molecule has 2 aromatic rings. The maximum atomic E-state index is 13.0. The monoisotopic (exact) mass is 556 g/mol. The number of amides is 4. The molecule has 4 amide bonds. The molecule has 0 fully saturated rings. The molecule has 0 saturated carbocycles. The zero-order valence-corrected chi connectivity index (χ0v) is 23.0. The van der Waals surface area contributed by atoms with Gasteiger partial charge in [-0.15, -0.1) is 0 Å². The molecule has 12 heteroatoms. The molecule has 1 heterocycles. The van der Waals surface area contributed by atoms with Gasteiger partial charge in [0.05, 0.1) is 50.6 Å². The van der Waals surface area contributed by atoms with E-state index in [0.29, 0.717) is 22.3 Å². The van der Waals surface area contributed by atoms with Crippen LogP contribution in [0.4, 0.5) is 0 Å². The number of ether oxygens (including phenoxy) is 4. The second kappa shape index (κ2) is 15.1. The first-order valence-corrected chi connectivity index (χ1v) is 12.7. The Labute approximate surface area is 233 Å². The molecule has 4 unspecified atom stereocenters. The largest absolute Gasteiger partial charge is 0.382 e. The Hall–Kier alpha value is -3.84. The van der Waals surface area contributed by atoms with E-state index in [0.717, 1.165) is 0 Å². The van der Waals surface area contributed by atoms with Gasteiger partial charge in [0.15, 0.2) is 0 Å². The smallest absolute Gasteiger partial charge is 0.309 e. The van der Waals surface area contributed by atoms with Crippen LogP contribution in [0, 0.1) is 0 Å². The summed E-state index contributed by atoms with van der Waals surface area (Å²) in [6.45, 7) is 0.320. The van der Waals surface area contributed by atoms with E-state index in [-0.39, 0.29) is 26.4 Å². The average Bonchev–Trinajstić information content (AvgIpc) is 2.95. The van der Waals surface area contributed by atoms with Gasteiger partial charge >= 0.3 is 23.6 Å². The van der Waals surface area contributed by atoms with Crippen molar-refractivity contribution in [2.24, 2.45) is 0 Å². The summed E-state index contributed by atoms with van der Waals surface area (Å²) in [6, 6.07) is 11.3. The van der Waals surface area contributed by atoms with Crippen LogP contribution in [0.1, 0.15) is 46.4 Å². The number of rotatable bonds is 8. The Morgan fingerprint density at radius 3 is 0.900 bits per heavy atom. The molecule has 0 spiro atoms. The third-order valence-electron chi connectivity index (χ3n) is 6.40. The summed E-state index contributed by atoms with van der Waals surface area (Å²) in [4.78, 5) is 51.9. The molecule has 0 aromatic heterocycles. The van der Waals surface area contributed by atoms with Gasteiger partial charge in [-0.05, 0) is 22.3 Å². The molecule has 40 heavy (non-hydrogen) atoms. The highest BCUT2D eigenvalue weighted by atomic mass is 16.5. The lowest BCUT2D eigenvalue weighted by Crippen LogP contribution is -2.45. The van der Waals surface area contributed by atoms with Crippen LogP contribution >= 0.6 is 0 Å². The van der Waals surface area contributed by atoms with Gasteiger partial charge in [-0.1, -0.05) is 48.5 Å². The Bertz CT molecular complexity index is 1020. The minimum atomic E-state index is -0.850. The Kier molecular flexibility index (Phi) is 11.6. The van der Waals surface area contributed by atoms with Crippen LogP contribution in [0.5, 0.6) is 0 Å². The number of carbonyl (C=O) groups is 4. The normalized spacial score (nSPS) is 22.3. The maximum Gasteiger partial charge on any atom is 0.309 e. The van der Waals surface area contributed by atoms with Gasteiger partial charge in [0.25, 0.3) is 0 Å². The van der Waals surface area contributed by atoms with Crippen molar-refractivity contribution < 1.29 is 38.1 Å². The molecule has 12 nitrogen and oxygen atoms in total. The van der Waals surface area contributed by atoms with Crippen molar-refractivity contribution in [3.8, 4) is 0 Å². The van der Waals surface area contributed by atoms with Gasteiger partial charge in [-0.3, -0.25) is 19.2 Å². The van der Waals surface area contributed by atoms with Crippen molar-refractivity contribution in [2.45, 2.75) is 24.2 Å². The van der Waals surface area contributed by atoms with E-state index in [1.54, 1.807) is 48.5 Å². The number of benzene rings is 2. The minimum Gasteiger partial charge on any atom is -0.382 e. The number of hydrogen-bond donors (Lipinski definition) is 4. The molecule has 1 aliphatic rings. The lowest BCUT2D eigenvalue weighted by atomic mass is 9.99. The topological polar surface area (TPSA) is 153 Å². The molecule has 4 atom stereocenters. The molecular weight excluding hydrogens is 520 g/mol. The fourth-order valence-corrected chi connectivity index (χ4v) is 4.43. The van der Waals surface area contributed by atoms with Crippen LogP contribution in [-0.2, 0) is 38.1 Å². The molecule has 0 saturated heterocycles. The first kappa shape index (κ1) is 30.7. The quantitative estimate of drug-likeness (QED) is 0.345. The Morgan fingerprint density at radius 1 is 0.475 bits per heavy atom. The van der Waals surface area contributed by atoms with E-state index in [1.165, 1.54) is 28.4 Å². The summed E-state index contributed by atoms with van der Waals surface area (Å²) < 4.78 is 21.2. The maximum absolute atomic E-state index is 13.0. The lowest BCUT2D eigenvalue weighted by molar-refractivity contribution is -0.140. The molecule has 1 aliphatic heterocycles. The van der Waals surface area contributed by atoms with E-state index in [9.17, 15) is 19.2 Å². The molecule has 216 valence electrons. The highest BCUT2D eigenvalue weighted by Crippen LogP contribution is 2.23. The van der Waals surface area contributed by atoms with Gasteiger partial charge in [0, 0.05) is 28.4 Å². The summed E-state index contributed by atoms with van der Waals surface area (Å²) in [5.41, 5.74) is 2.51. The predicted molar refractivity (Wildman–Crippen MR) is 144 cm³/mol. The van der Waals surface area contributed by atoms with E-state index in [2.05, 4.69) is 21.3 Å². The SMILES string of the molecule is COCC1NC(=O)C(=O)NC(COC)c2cccc(c2)C(COC)NC(=O)C(=O)NC(COC)c2cccc1c2. The fourth-order valence-electron chi connectivity index (χ4n) is 4.43. The second-order valence-corrected chi connectivity index (χ2v) is 9.27. The van der Waals surface area contributed by atoms with Gasteiger partial charge in [0.2, 0.25) is 0 Å². The standard InChI is InChI=1S/C28H36N4O8/c1-37-13-21-17-7-5-8-18(11-17)22(14-38-2)31-27(35)28(36)32-24(16-40-4)20-10-6-9-19(12-20)23(15-39-3)30-26(34)25(33)29-21/h5-12,21-24H,13-16H2,1-4H3,(H,29,33)(H,30,34)(H,31,35)(H,32,36). The van der Waals surface area contributed by atoms with Crippen LogP contribution in [0.2, 0.25) is 0 Å². The zero-order chi connectivity index (χ0) is 29.1. The molecule has 0 radical (unpaired) electrons. The van der Waals surface area contributed by atoms with E-state index >= 15 is 0 Å². The highest BCUT2D eigenvalue weighted by Gasteiger charge is 2.27. The molecule has 3 rings (SSSR count). The fraction of sp³-hybridized carbons (Fsp3) is 0.429. The van der Waals surface area contributed by atoms with Gasteiger partial charge in [0.1, 0.15) is 0 Å². The minimum absolute atomic E-state index is 0.0800. The van der Waals surface area contributed by atoms with Crippen molar-refractivity contribution >= 4 is 23.6 Å². The van der Waals surface area contributed by atoms with Crippen LogP contribution < -0.4 is 21.3 Å². The zero-order valence-electron chi connectivity index (χ0n) is 23.0. The average molecular weight is 557 g/mol. The highest BCUT2D eigenvalue weighted by molar-refractivity contribution is 6.35. The number of hydrogen-bond acceptors (Lipinski definition) is 8. The molecule has 4 bridgehead atoms. The Morgan fingerprint density at radius 2 is 0.700 bits per heavy atom. The first-order chi connectivity index (χ1) is 19.3. The second-order valence-electron chi connectivity index (χ2n) is 9.27. The van der Waals surface area contributed by atoms with Gasteiger partial charge in [-0.2, -0.15) is 0 Å². The first-order valence-electron chi connectivity index (χ1n) is 12.7. The predicted octanol–water partition coefficient (Wildman–Crippen LogP) is 0.615.